The first kappa shape index (κ1) is 15.9. The molecule has 0 atom stereocenters. The molecule has 0 radical (unpaired) electrons. The van der Waals surface area contributed by atoms with Gasteiger partial charge in [0.1, 0.15) is 0 Å². The fraction of sp³-hybridized carbons (Fsp3) is 0.688. The molecule has 22 heavy (non-hydrogen) atoms. The van der Waals surface area contributed by atoms with Gasteiger partial charge >= 0.3 is 0 Å². The Bertz CT molecular complexity index is 484. The third-order valence-electron chi connectivity index (χ3n) is 4.83. The summed E-state index contributed by atoms with van der Waals surface area (Å²) in [4.78, 5) is 17.8. The molecule has 5 nitrogen and oxygen atoms in total. The van der Waals surface area contributed by atoms with Crippen molar-refractivity contribution in [1.82, 2.24) is 9.80 Å². The highest BCUT2D eigenvalue weighted by molar-refractivity contribution is 7.12. The number of likely N-dealkylation sites (tertiary alicyclic amines) is 1. The fourth-order valence-corrected chi connectivity index (χ4v) is 4.15. The molecule has 1 aromatic heterocycles. The molecular formula is C16H24N2O3S. The first-order valence-electron chi connectivity index (χ1n) is 7.90. The number of carbonyl (C=O) groups is 1. The summed E-state index contributed by atoms with van der Waals surface area (Å²) >= 11 is 1.52. The maximum atomic E-state index is 12.5. The number of methoxy groups -OCH3 is 1. The zero-order valence-electron chi connectivity index (χ0n) is 13.1. The van der Waals surface area contributed by atoms with Crippen molar-refractivity contribution in [2.75, 3.05) is 53.1 Å². The maximum Gasteiger partial charge on any atom is 0.263 e. The Labute approximate surface area is 135 Å². The number of ether oxygens (including phenoxy) is 2. The van der Waals surface area contributed by atoms with Crippen LogP contribution < -0.4 is 0 Å². The molecule has 1 aromatic rings. The molecule has 2 aliphatic rings. The molecule has 6 heteroatoms. The van der Waals surface area contributed by atoms with Crippen molar-refractivity contribution in [3.63, 3.8) is 0 Å². The number of piperidine rings is 1. The first-order valence-corrected chi connectivity index (χ1v) is 8.78. The van der Waals surface area contributed by atoms with E-state index in [4.69, 9.17) is 9.47 Å². The van der Waals surface area contributed by atoms with E-state index in [1.165, 1.54) is 11.3 Å². The number of hydrogen-bond acceptors (Lipinski definition) is 5. The van der Waals surface area contributed by atoms with Gasteiger partial charge in [-0.1, -0.05) is 6.07 Å². The minimum Gasteiger partial charge on any atom is -0.383 e. The van der Waals surface area contributed by atoms with E-state index in [0.29, 0.717) is 0 Å². The van der Waals surface area contributed by atoms with E-state index in [1.807, 2.05) is 22.4 Å². The first-order chi connectivity index (χ1) is 10.7. The summed E-state index contributed by atoms with van der Waals surface area (Å²) in [5, 5.41) is 1.96. The van der Waals surface area contributed by atoms with Gasteiger partial charge in [-0.2, -0.15) is 0 Å². The quantitative estimate of drug-likeness (QED) is 0.845. The lowest BCUT2D eigenvalue weighted by Gasteiger charge is -2.51. The second-order valence-corrected chi connectivity index (χ2v) is 6.97. The molecule has 122 valence electrons. The predicted molar refractivity (Wildman–Crippen MR) is 86.5 cm³/mol. The van der Waals surface area contributed by atoms with Crippen molar-refractivity contribution in [3.8, 4) is 0 Å². The molecule has 2 aliphatic heterocycles. The van der Waals surface area contributed by atoms with Crippen molar-refractivity contribution in [2.45, 2.75) is 18.4 Å². The van der Waals surface area contributed by atoms with Crippen LogP contribution in [0.15, 0.2) is 17.5 Å². The number of hydrogen-bond donors (Lipinski definition) is 0. The summed E-state index contributed by atoms with van der Waals surface area (Å²) in [6.45, 7) is 5.84. The third-order valence-corrected chi connectivity index (χ3v) is 5.68. The molecule has 0 saturated carbocycles. The second kappa shape index (κ2) is 7.08. The van der Waals surface area contributed by atoms with Gasteiger partial charge in [0.2, 0.25) is 0 Å². The van der Waals surface area contributed by atoms with E-state index in [0.717, 1.165) is 63.7 Å². The van der Waals surface area contributed by atoms with Gasteiger partial charge in [0.15, 0.2) is 0 Å². The van der Waals surface area contributed by atoms with E-state index in [-0.39, 0.29) is 11.4 Å². The van der Waals surface area contributed by atoms with Crippen LogP contribution in [0.4, 0.5) is 0 Å². The minimum atomic E-state index is 0.0863. The Balaban J connectivity index is 1.62. The smallest absolute Gasteiger partial charge is 0.263 e. The van der Waals surface area contributed by atoms with Gasteiger partial charge in [-0.05, 0) is 24.3 Å². The van der Waals surface area contributed by atoms with Crippen LogP contribution in [0, 0.1) is 0 Å². The van der Waals surface area contributed by atoms with Crippen LogP contribution in [-0.2, 0) is 9.47 Å². The van der Waals surface area contributed by atoms with Crippen molar-refractivity contribution in [2.24, 2.45) is 0 Å². The lowest BCUT2D eigenvalue weighted by molar-refractivity contribution is -0.0968. The molecule has 2 fully saturated rings. The zero-order chi connectivity index (χ0) is 15.4. The van der Waals surface area contributed by atoms with Gasteiger partial charge < -0.3 is 14.4 Å². The standard InChI is InChI=1S/C16H24N2O3S/c1-20-10-8-18-9-11-21-13-16(18)4-6-17(7-5-16)15(19)14-3-2-12-22-14/h2-3,12H,4-11,13H2,1H3. The van der Waals surface area contributed by atoms with Crippen LogP contribution in [0.1, 0.15) is 22.5 Å². The van der Waals surface area contributed by atoms with Gasteiger partial charge in [0, 0.05) is 38.8 Å². The SMILES string of the molecule is COCCN1CCOCC12CCN(C(=O)c1cccs1)CC2. The number of carbonyl (C=O) groups excluding carboxylic acids is 1. The lowest BCUT2D eigenvalue weighted by Crippen LogP contribution is -2.62. The monoisotopic (exact) mass is 324 g/mol. The molecule has 0 bridgehead atoms. The van der Waals surface area contributed by atoms with Crippen molar-refractivity contribution in [1.29, 1.82) is 0 Å². The number of nitrogens with zero attached hydrogens (tertiary/aromatic N) is 2. The Kier molecular flexibility index (Phi) is 5.13. The second-order valence-electron chi connectivity index (χ2n) is 6.03. The number of amides is 1. The van der Waals surface area contributed by atoms with Gasteiger partial charge in [0.25, 0.3) is 5.91 Å². The van der Waals surface area contributed by atoms with E-state index in [1.54, 1.807) is 7.11 Å². The van der Waals surface area contributed by atoms with Crippen molar-refractivity contribution in [3.05, 3.63) is 22.4 Å². The van der Waals surface area contributed by atoms with Crippen LogP contribution >= 0.6 is 11.3 Å². The zero-order valence-corrected chi connectivity index (χ0v) is 13.9. The Morgan fingerprint density at radius 2 is 2.23 bits per heavy atom. The molecule has 0 aromatic carbocycles. The summed E-state index contributed by atoms with van der Waals surface area (Å²) in [7, 11) is 1.75. The normalized spacial score (nSPS) is 22.1. The third kappa shape index (κ3) is 3.20. The summed E-state index contributed by atoms with van der Waals surface area (Å²) < 4.78 is 11.0. The number of morpholine rings is 1. The molecule has 2 saturated heterocycles. The molecule has 1 amide bonds. The Morgan fingerprint density at radius 3 is 2.91 bits per heavy atom. The Morgan fingerprint density at radius 1 is 1.41 bits per heavy atom. The average molecular weight is 324 g/mol. The molecule has 3 rings (SSSR count). The summed E-state index contributed by atoms with van der Waals surface area (Å²) in [6, 6.07) is 3.84. The molecule has 3 heterocycles. The van der Waals surface area contributed by atoms with Crippen molar-refractivity contribution >= 4 is 17.2 Å². The van der Waals surface area contributed by atoms with Gasteiger partial charge in [-0.3, -0.25) is 9.69 Å². The molecule has 1 spiro atoms. The van der Waals surface area contributed by atoms with E-state index in [9.17, 15) is 4.79 Å². The van der Waals surface area contributed by atoms with Gasteiger partial charge in [-0.25, -0.2) is 0 Å². The predicted octanol–water partition coefficient (Wildman–Crippen LogP) is 1.70. The lowest BCUT2D eigenvalue weighted by atomic mass is 9.85. The highest BCUT2D eigenvalue weighted by Crippen LogP contribution is 2.32. The number of rotatable bonds is 4. The summed E-state index contributed by atoms with van der Waals surface area (Å²) in [5.41, 5.74) is 0.0863. The molecule has 0 N–H and O–H groups in total. The Hall–Kier alpha value is -0.950. The van der Waals surface area contributed by atoms with Crippen LogP contribution in [0.5, 0.6) is 0 Å². The fourth-order valence-electron chi connectivity index (χ4n) is 3.46. The highest BCUT2D eigenvalue weighted by Gasteiger charge is 2.42. The molecule has 0 aliphatic carbocycles. The largest absolute Gasteiger partial charge is 0.383 e. The van der Waals surface area contributed by atoms with Crippen LogP contribution in [0.25, 0.3) is 0 Å². The van der Waals surface area contributed by atoms with Crippen LogP contribution in [0.3, 0.4) is 0 Å². The maximum absolute atomic E-state index is 12.5. The minimum absolute atomic E-state index is 0.0863. The summed E-state index contributed by atoms with van der Waals surface area (Å²) in [5.74, 6) is 0.171. The number of thiophene rings is 1. The topological polar surface area (TPSA) is 42.0 Å². The molecule has 0 unspecified atom stereocenters. The van der Waals surface area contributed by atoms with Gasteiger partial charge in [0.05, 0.1) is 24.7 Å². The molecular weight excluding hydrogens is 300 g/mol. The van der Waals surface area contributed by atoms with E-state index >= 15 is 0 Å². The van der Waals surface area contributed by atoms with Crippen LogP contribution in [0.2, 0.25) is 0 Å². The van der Waals surface area contributed by atoms with Crippen molar-refractivity contribution < 1.29 is 14.3 Å². The average Bonchev–Trinajstić information content (AvgIpc) is 3.09. The summed E-state index contributed by atoms with van der Waals surface area (Å²) in [6.07, 6.45) is 1.96. The van der Waals surface area contributed by atoms with Gasteiger partial charge in [-0.15, -0.1) is 11.3 Å². The van der Waals surface area contributed by atoms with Crippen LogP contribution in [-0.4, -0.2) is 74.4 Å². The highest BCUT2D eigenvalue weighted by atomic mass is 32.1. The van der Waals surface area contributed by atoms with E-state index < -0.39 is 0 Å². The van der Waals surface area contributed by atoms with E-state index in [2.05, 4.69) is 4.90 Å².